The molecule has 2 amide bonds. The zero-order valence-electron chi connectivity index (χ0n) is 20.4. The van der Waals surface area contributed by atoms with Gasteiger partial charge in [-0.3, -0.25) is 9.59 Å². The van der Waals surface area contributed by atoms with Crippen molar-refractivity contribution in [2.75, 3.05) is 19.7 Å². The van der Waals surface area contributed by atoms with Crippen LogP contribution in [0.5, 0.6) is 0 Å². The van der Waals surface area contributed by atoms with Crippen molar-refractivity contribution in [1.82, 2.24) is 14.8 Å². The molecule has 9 nitrogen and oxygen atoms in total. The highest BCUT2D eigenvalue weighted by Crippen LogP contribution is 2.49. The Morgan fingerprint density at radius 1 is 1.17 bits per heavy atom. The van der Waals surface area contributed by atoms with Crippen molar-refractivity contribution in [3.05, 3.63) is 58.4 Å². The van der Waals surface area contributed by atoms with E-state index in [0.717, 1.165) is 5.56 Å². The number of carbonyl (C=O) groups is 2. The van der Waals surface area contributed by atoms with Gasteiger partial charge in [0.15, 0.2) is 9.84 Å². The molecule has 1 saturated carbocycles. The summed E-state index contributed by atoms with van der Waals surface area (Å²) in [7, 11) is -3.88. The predicted octanol–water partition coefficient (Wildman–Crippen LogP) is 2.00. The third-order valence-corrected chi connectivity index (χ3v) is 11.0. The fourth-order valence-electron chi connectivity index (χ4n) is 4.76. The minimum Gasteiger partial charge on any atom is -0.394 e. The Morgan fingerprint density at radius 3 is 2.44 bits per heavy atom. The number of nitrogens with one attached hydrogen (secondary N) is 1. The molecule has 1 fully saturated rings. The molecule has 2 heterocycles. The maximum absolute atomic E-state index is 13.5. The van der Waals surface area contributed by atoms with E-state index in [1.807, 2.05) is 12.1 Å². The molecule has 1 unspecified atom stereocenters. The van der Waals surface area contributed by atoms with Gasteiger partial charge in [-0.15, -0.1) is 0 Å². The van der Waals surface area contributed by atoms with Gasteiger partial charge >= 0.3 is 0 Å². The molecule has 1 atom stereocenters. The summed E-state index contributed by atoms with van der Waals surface area (Å²) >= 11 is 5.91. The maximum Gasteiger partial charge on any atom is 0.270 e. The maximum atomic E-state index is 13.5. The van der Waals surface area contributed by atoms with Crippen LogP contribution in [0.1, 0.15) is 59.7 Å². The first-order valence-electron chi connectivity index (χ1n) is 12.0. The topological polar surface area (TPSA) is 129 Å². The summed E-state index contributed by atoms with van der Waals surface area (Å²) in [4.78, 5) is 27.9. The molecule has 0 bridgehead atoms. The number of halogens is 1. The number of carbonyl (C=O) groups excluding carboxylic acids is 2. The van der Waals surface area contributed by atoms with Crippen LogP contribution < -0.4 is 5.32 Å². The Bertz CT molecular complexity index is 1250. The van der Waals surface area contributed by atoms with Crippen molar-refractivity contribution in [3.63, 3.8) is 0 Å². The third-order valence-electron chi connectivity index (χ3n) is 7.42. The van der Waals surface area contributed by atoms with Crippen molar-refractivity contribution in [2.24, 2.45) is 0 Å². The number of hydrogen-bond acceptors (Lipinski definition) is 6. The smallest absolute Gasteiger partial charge is 0.270 e. The van der Waals surface area contributed by atoms with Crippen LogP contribution in [0.25, 0.3) is 0 Å². The van der Waals surface area contributed by atoms with E-state index in [1.54, 1.807) is 33.7 Å². The number of rotatable bonds is 9. The van der Waals surface area contributed by atoms with Crippen molar-refractivity contribution in [2.45, 2.75) is 61.8 Å². The van der Waals surface area contributed by atoms with Gasteiger partial charge in [0.1, 0.15) is 11.4 Å². The molecule has 1 aliphatic carbocycles. The molecule has 4 rings (SSSR count). The molecule has 0 spiro atoms. The van der Waals surface area contributed by atoms with Gasteiger partial charge in [0.25, 0.3) is 11.8 Å². The summed E-state index contributed by atoms with van der Waals surface area (Å²) in [6, 6.07) is 10.4. The molecule has 11 heteroatoms. The normalized spacial score (nSPS) is 18.4. The van der Waals surface area contributed by atoms with E-state index >= 15 is 0 Å². The number of nitrogens with zero attached hydrogens (tertiary/aromatic N) is 2. The lowest BCUT2D eigenvalue weighted by Crippen LogP contribution is -2.54. The number of aliphatic hydroxyl groups is 2. The van der Waals surface area contributed by atoms with Crippen LogP contribution in [-0.4, -0.2) is 75.2 Å². The average molecular weight is 538 g/mol. The van der Waals surface area contributed by atoms with E-state index in [4.69, 9.17) is 11.6 Å². The van der Waals surface area contributed by atoms with Crippen LogP contribution in [0.2, 0.25) is 5.02 Å². The molecule has 1 aromatic heterocycles. The highest BCUT2D eigenvalue weighted by molar-refractivity contribution is 7.94. The van der Waals surface area contributed by atoms with Gasteiger partial charge in [-0.2, -0.15) is 0 Å². The Kier molecular flexibility index (Phi) is 7.27. The highest BCUT2D eigenvalue weighted by Gasteiger charge is 2.62. The number of amides is 2. The quantitative estimate of drug-likeness (QED) is 0.449. The largest absolute Gasteiger partial charge is 0.394 e. The Balaban J connectivity index is 1.50. The molecule has 196 valence electrons. The molecule has 36 heavy (non-hydrogen) atoms. The van der Waals surface area contributed by atoms with E-state index in [-0.39, 0.29) is 18.4 Å². The second kappa shape index (κ2) is 9.81. The first-order chi connectivity index (χ1) is 16.9. The standard InChI is InChI=1S/C25H32ClN3O6S/c1-24(2,21(31)15-30)36(34,35)25(10-11-25)16-28-12-3-13-29-19(8-9-20(29)23(28)33)22(32)27-14-17-4-6-18(26)7-5-17/h4-9,21,30-31H,3,10-16H2,1-2H3,(H,27,32). The average Bonchev–Trinajstić information content (AvgIpc) is 3.56. The van der Waals surface area contributed by atoms with Gasteiger partial charge in [0.05, 0.1) is 22.2 Å². The molecule has 2 aromatic rings. The monoisotopic (exact) mass is 537 g/mol. The Hall–Kier alpha value is -2.40. The van der Waals surface area contributed by atoms with Crippen LogP contribution in [-0.2, 0) is 22.9 Å². The molecule has 0 saturated heterocycles. The third kappa shape index (κ3) is 4.67. The summed E-state index contributed by atoms with van der Waals surface area (Å²) in [6.07, 6.45) is -0.0879. The summed E-state index contributed by atoms with van der Waals surface area (Å²) in [5, 5.41) is 23.0. The Morgan fingerprint density at radius 2 is 1.83 bits per heavy atom. The molecule has 0 radical (unpaired) electrons. The van der Waals surface area contributed by atoms with Crippen molar-refractivity contribution >= 4 is 33.3 Å². The number of fused-ring (bicyclic) bond motifs is 1. The lowest BCUT2D eigenvalue weighted by molar-refractivity contribution is 0.0678. The molecule has 3 N–H and O–H groups in total. The molecule has 1 aromatic carbocycles. The van der Waals surface area contributed by atoms with Crippen molar-refractivity contribution in [1.29, 1.82) is 0 Å². The second-order valence-corrected chi connectivity index (χ2v) is 13.5. The zero-order valence-corrected chi connectivity index (χ0v) is 22.0. The zero-order chi connectivity index (χ0) is 26.3. The molecular formula is C25H32ClN3O6S. The lowest BCUT2D eigenvalue weighted by Gasteiger charge is -2.35. The summed E-state index contributed by atoms with van der Waals surface area (Å²) in [6.45, 7) is 3.28. The van der Waals surface area contributed by atoms with Gasteiger partial charge in [0.2, 0.25) is 0 Å². The minimum atomic E-state index is -3.88. The summed E-state index contributed by atoms with van der Waals surface area (Å²) in [5.74, 6) is -0.635. The fraction of sp³-hybridized carbons (Fsp3) is 0.520. The van der Waals surface area contributed by atoms with Gasteiger partial charge in [0, 0.05) is 31.2 Å². The van der Waals surface area contributed by atoms with Crippen molar-refractivity contribution < 1.29 is 28.2 Å². The first-order valence-corrected chi connectivity index (χ1v) is 13.8. The van der Waals surface area contributed by atoms with Crippen LogP contribution in [0.15, 0.2) is 36.4 Å². The van der Waals surface area contributed by atoms with Crippen LogP contribution in [0.4, 0.5) is 0 Å². The predicted molar refractivity (Wildman–Crippen MR) is 136 cm³/mol. The fourth-order valence-corrected chi connectivity index (χ4v) is 7.40. The van der Waals surface area contributed by atoms with Gasteiger partial charge in [-0.1, -0.05) is 23.7 Å². The van der Waals surface area contributed by atoms with Crippen LogP contribution in [0, 0.1) is 0 Å². The summed E-state index contributed by atoms with van der Waals surface area (Å²) < 4.78 is 25.9. The summed E-state index contributed by atoms with van der Waals surface area (Å²) in [5.41, 5.74) is 1.60. The minimum absolute atomic E-state index is 0.0129. The van der Waals surface area contributed by atoms with E-state index in [9.17, 15) is 28.2 Å². The van der Waals surface area contributed by atoms with Gasteiger partial charge in [-0.25, -0.2) is 8.42 Å². The van der Waals surface area contributed by atoms with Crippen LogP contribution in [0.3, 0.4) is 0 Å². The molecule has 2 aliphatic rings. The van der Waals surface area contributed by atoms with E-state index in [1.165, 1.54) is 13.8 Å². The van der Waals surface area contributed by atoms with Crippen LogP contribution >= 0.6 is 11.6 Å². The van der Waals surface area contributed by atoms with Crippen molar-refractivity contribution in [3.8, 4) is 0 Å². The second-order valence-electron chi connectivity index (χ2n) is 10.1. The Labute approximate surface area is 216 Å². The highest BCUT2D eigenvalue weighted by atomic mass is 35.5. The lowest BCUT2D eigenvalue weighted by atomic mass is 10.1. The number of aromatic nitrogens is 1. The number of aliphatic hydroxyl groups excluding tert-OH is 2. The van der Waals surface area contributed by atoms with Gasteiger partial charge in [-0.05, 0) is 62.9 Å². The number of benzene rings is 1. The SMILES string of the molecule is CC(C)(C(O)CO)S(=O)(=O)C1(CN2CCCn3c(C(=O)NCc4ccc(Cl)cc4)ccc3C2=O)CC1. The van der Waals surface area contributed by atoms with E-state index < -0.39 is 32.0 Å². The molecular weight excluding hydrogens is 506 g/mol. The molecule has 1 aliphatic heterocycles. The van der Waals surface area contributed by atoms with E-state index in [0.29, 0.717) is 55.3 Å². The number of hydrogen-bond donors (Lipinski definition) is 3. The first kappa shape index (κ1) is 26.7. The number of sulfone groups is 1. The van der Waals surface area contributed by atoms with E-state index in [2.05, 4.69) is 5.32 Å². The van der Waals surface area contributed by atoms with Gasteiger partial charge < -0.3 is 25.0 Å².